The number of benzene rings is 3. The Bertz CT molecular complexity index is 1340. The Kier molecular flexibility index (Phi) is 14.3. The Morgan fingerprint density at radius 2 is 1.43 bits per heavy atom. The molecule has 254 valence electrons. The lowest BCUT2D eigenvalue weighted by Crippen LogP contribution is -2.56. The first kappa shape index (κ1) is 36.2. The van der Waals surface area contributed by atoms with Crippen LogP contribution in [0.15, 0.2) is 84.9 Å². The number of likely N-dealkylation sites (tertiary alicyclic amines) is 1. The van der Waals surface area contributed by atoms with Crippen molar-refractivity contribution in [2.75, 3.05) is 26.7 Å². The molecule has 1 fully saturated rings. The third kappa shape index (κ3) is 12.5. The van der Waals surface area contributed by atoms with Gasteiger partial charge in [0.25, 0.3) is 0 Å². The van der Waals surface area contributed by atoms with Gasteiger partial charge in [-0.1, -0.05) is 100 Å². The van der Waals surface area contributed by atoms with Gasteiger partial charge in [0.05, 0.1) is 6.04 Å². The van der Waals surface area contributed by atoms with Crippen molar-refractivity contribution >= 4 is 11.8 Å². The Labute approximate surface area is 283 Å². The summed E-state index contributed by atoms with van der Waals surface area (Å²) < 4.78 is 5.99. The molecule has 0 spiro atoms. The van der Waals surface area contributed by atoms with E-state index in [1.165, 1.54) is 5.56 Å². The van der Waals surface area contributed by atoms with Crippen LogP contribution in [0.1, 0.15) is 70.1 Å². The fourth-order valence-corrected chi connectivity index (χ4v) is 6.11. The number of hydrogen-bond acceptors (Lipinski definition) is 5. The average Bonchev–Trinajstić information content (AvgIpc) is 3.07. The number of nitrogens with zero attached hydrogens (tertiary/aromatic N) is 2. The smallest absolute Gasteiger partial charge is 0.243 e. The first-order valence-corrected chi connectivity index (χ1v) is 17.5. The molecular weight excluding hydrogens is 584 g/mol. The number of carbonyl (C=O) groups is 2. The number of likely N-dealkylation sites (N-methyl/N-ethyl adjacent to an activating group) is 1. The summed E-state index contributed by atoms with van der Waals surface area (Å²) in [7, 11) is 2.03. The highest BCUT2D eigenvalue weighted by atomic mass is 16.5. The maximum absolute atomic E-state index is 13.9. The van der Waals surface area contributed by atoms with Gasteiger partial charge in [-0.05, 0) is 79.9 Å². The zero-order chi connectivity index (χ0) is 33.6. The van der Waals surface area contributed by atoms with E-state index >= 15 is 0 Å². The van der Waals surface area contributed by atoms with Gasteiger partial charge >= 0.3 is 0 Å². The third-order valence-corrected chi connectivity index (χ3v) is 9.02. The lowest BCUT2D eigenvalue weighted by Gasteiger charge is -2.34. The van der Waals surface area contributed by atoms with Crippen molar-refractivity contribution in [1.82, 2.24) is 20.4 Å². The van der Waals surface area contributed by atoms with E-state index in [2.05, 4.69) is 72.4 Å². The summed E-state index contributed by atoms with van der Waals surface area (Å²) in [5.74, 6) is 1.48. The molecule has 0 radical (unpaired) electrons. The quantitative estimate of drug-likeness (QED) is 0.177. The predicted molar refractivity (Wildman–Crippen MR) is 191 cm³/mol. The summed E-state index contributed by atoms with van der Waals surface area (Å²) in [5.41, 5.74) is 3.39. The van der Waals surface area contributed by atoms with Crippen molar-refractivity contribution in [3.8, 4) is 5.75 Å². The molecule has 4 rings (SSSR count). The lowest BCUT2D eigenvalue weighted by atomic mass is 9.99. The molecule has 3 aromatic carbocycles. The highest BCUT2D eigenvalue weighted by Gasteiger charge is 2.30. The second-order valence-electron chi connectivity index (χ2n) is 14.0. The predicted octanol–water partition coefficient (Wildman–Crippen LogP) is 6.47. The molecule has 7 heteroatoms. The SMILES string of the molecule is CC(C)CCN(C)[C@@H](CC(C)C)C(=O)N[C@@H](Cc1ccc(OCc2ccccc2)cc1)C(=O)NC1CCN(Cc2ccccc2)CC1. The van der Waals surface area contributed by atoms with Crippen LogP contribution in [-0.4, -0.2) is 66.4 Å². The molecular formula is C40H56N4O3. The highest BCUT2D eigenvalue weighted by Crippen LogP contribution is 2.18. The van der Waals surface area contributed by atoms with Gasteiger partial charge in [0.1, 0.15) is 18.4 Å². The van der Waals surface area contributed by atoms with Crippen LogP contribution in [0.4, 0.5) is 0 Å². The molecule has 7 nitrogen and oxygen atoms in total. The number of amides is 2. The summed E-state index contributed by atoms with van der Waals surface area (Å²) in [5, 5.41) is 6.51. The molecule has 3 aromatic rings. The van der Waals surface area contributed by atoms with Crippen LogP contribution in [-0.2, 0) is 29.2 Å². The molecule has 1 heterocycles. The lowest BCUT2D eigenvalue weighted by molar-refractivity contribution is -0.132. The zero-order valence-electron chi connectivity index (χ0n) is 29.2. The number of ether oxygens (including phenoxy) is 1. The van der Waals surface area contributed by atoms with Gasteiger partial charge in [-0.25, -0.2) is 0 Å². The van der Waals surface area contributed by atoms with Crippen LogP contribution in [0.2, 0.25) is 0 Å². The van der Waals surface area contributed by atoms with Crippen molar-refractivity contribution in [2.24, 2.45) is 11.8 Å². The molecule has 0 saturated carbocycles. The minimum Gasteiger partial charge on any atom is -0.489 e. The van der Waals surface area contributed by atoms with Crippen LogP contribution < -0.4 is 15.4 Å². The van der Waals surface area contributed by atoms with E-state index in [0.29, 0.717) is 24.9 Å². The molecule has 2 atom stereocenters. The second kappa shape index (κ2) is 18.6. The zero-order valence-corrected chi connectivity index (χ0v) is 29.2. The van der Waals surface area contributed by atoms with Crippen LogP contribution in [0.25, 0.3) is 0 Å². The molecule has 47 heavy (non-hydrogen) atoms. The molecule has 0 aromatic heterocycles. The van der Waals surface area contributed by atoms with Crippen LogP contribution in [0, 0.1) is 11.8 Å². The topological polar surface area (TPSA) is 73.9 Å². The van der Waals surface area contributed by atoms with E-state index < -0.39 is 6.04 Å². The number of piperidine rings is 1. The van der Waals surface area contributed by atoms with E-state index in [4.69, 9.17) is 4.74 Å². The van der Waals surface area contributed by atoms with E-state index in [-0.39, 0.29) is 23.9 Å². The molecule has 0 aliphatic carbocycles. The van der Waals surface area contributed by atoms with Crippen molar-refractivity contribution in [2.45, 2.75) is 91.1 Å². The van der Waals surface area contributed by atoms with Crippen LogP contribution in [0.3, 0.4) is 0 Å². The summed E-state index contributed by atoms with van der Waals surface area (Å²) in [6.07, 6.45) is 3.95. The number of rotatable bonds is 17. The van der Waals surface area contributed by atoms with Gasteiger partial charge in [0.2, 0.25) is 11.8 Å². The fourth-order valence-electron chi connectivity index (χ4n) is 6.11. The minimum absolute atomic E-state index is 0.0781. The first-order chi connectivity index (χ1) is 22.7. The van der Waals surface area contributed by atoms with Crippen molar-refractivity contribution in [1.29, 1.82) is 0 Å². The van der Waals surface area contributed by atoms with Crippen molar-refractivity contribution in [3.63, 3.8) is 0 Å². The Balaban J connectivity index is 1.42. The molecule has 0 bridgehead atoms. The van der Waals surface area contributed by atoms with Gasteiger partial charge in [-0.15, -0.1) is 0 Å². The number of hydrogen-bond donors (Lipinski definition) is 2. The molecule has 2 N–H and O–H groups in total. The largest absolute Gasteiger partial charge is 0.489 e. The summed E-state index contributed by atoms with van der Waals surface area (Å²) >= 11 is 0. The molecule has 1 aliphatic heterocycles. The number of carbonyl (C=O) groups excluding carboxylic acids is 2. The standard InChI is InChI=1S/C40H56N4O3/c1-30(2)20-23-43(5)38(26-31(3)4)40(46)42-37(27-32-16-18-36(19-17-32)47-29-34-14-10-7-11-15-34)39(45)41-35-21-24-44(25-22-35)28-33-12-8-6-9-13-33/h6-19,30-31,35,37-38H,20-29H2,1-5H3,(H,41,45)(H,42,46)/t37-,38-/m0/s1. The Morgan fingerprint density at radius 1 is 0.809 bits per heavy atom. The third-order valence-electron chi connectivity index (χ3n) is 9.02. The van der Waals surface area contributed by atoms with E-state index in [9.17, 15) is 9.59 Å². The summed E-state index contributed by atoms with van der Waals surface area (Å²) in [6.45, 7) is 12.8. The van der Waals surface area contributed by atoms with Crippen molar-refractivity contribution in [3.05, 3.63) is 102 Å². The fraction of sp³-hybridized carbons (Fsp3) is 0.500. The van der Waals surface area contributed by atoms with Crippen LogP contribution >= 0.6 is 0 Å². The minimum atomic E-state index is -0.672. The maximum atomic E-state index is 13.9. The molecule has 1 aliphatic rings. The second-order valence-corrected chi connectivity index (χ2v) is 14.0. The number of nitrogens with one attached hydrogen (secondary N) is 2. The first-order valence-electron chi connectivity index (χ1n) is 17.5. The van der Waals surface area contributed by atoms with Gasteiger partial charge < -0.3 is 15.4 Å². The van der Waals surface area contributed by atoms with Gasteiger partial charge in [-0.2, -0.15) is 0 Å². The van der Waals surface area contributed by atoms with Gasteiger partial charge in [0.15, 0.2) is 0 Å². The normalized spacial score (nSPS) is 15.5. The van der Waals surface area contributed by atoms with Gasteiger partial charge in [-0.3, -0.25) is 19.4 Å². The molecule has 0 unspecified atom stereocenters. The maximum Gasteiger partial charge on any atom is 0.243 e. The van der Waals surface area contributed by atoms with E-state index in [1.807, 2.05) is 67.7 Å². The highest BCUT2D eigenvalue weighted by molar-refractivity contribution is 5.90. The Hall–Kier alpha value is -3.68. The van der Waals surface area contributed by atoms with Crippen LogP contribution in [0.5, 0.6) is 5.75 Å². The molecule has 2 amide bonds. The van der Waals surface area contributed by atoms with Gasteiger partial charge in [0, 0.05) is 32.1 Å². The van der Waals surface area contributed by atoms with E-state index in [1.54, 1.807) is 0 Å². The van der Waals surface area contributed by atoms with E-state index in [0.717, 1.165) is 68.7 Å². The Morgan fingerprint density at radius 3 is 2.02 bits per heavy atom. The molecule has 1 saturated heterocycles. The monoisotopic (exact) mass is 640 g/mol. The van der Waals surface area contributed by atoms with Crippen molar-refractivity contribution < 1.29 is 14.3 Å². The summed E-state index contributed by atoms with van der Waals surface area (Å²) in [4.78, 5) is 32.4. The average molecular weight is 641 g/mol. The summed E-state index contributed by atoms with van der Waals surface area (Å²) in [6, 6.07) is 27.6.